The van der Waals surface area contributed by atoms with Gasteiger partial charge in [0, 0.05) is 13.0 Å². The molecule has 0 fully saturated rings. The van der Waals surface area contributed by atoms with Crippen LogP contribution in [0, 0.1) is 13.8 Å². The average Bonchev–Trinajstić information content (AvgIpc) is 3.41. The Kier molecular flexibility index (Phi) is 6.74. The van der Waals surface area contributed by atoms with Crippen LogP contribution in [0.15, 0.2) is 76.3 Å². The quantitative estimate of drug-likeness (QED) is 0.474. The van der Waals surface area contributed by atoms with Crippen LogP contribution in [0.2, 0.25) is 0 Å². The summed E-state index contributed by atoms with van der Waals surface area (Å²) in [5.74, 6) is 1.60. The molecule has 1 unspecified atom stereocenters. The zero-order valence-corrected chi connectivity index (χ0v) is 19.1. The molecule has 1 aliphatic rings. The molecule has 0 aliphatic carbocycles. The number of amides is 1. The summed E-state index contributed by atoms with van der Waals surface area (Å²) in [6, 6.07) is 19.8. The van der Waals surface area contributed by atoms with Crippen LogP contribution in [0.3, 0.4) is 0 Å². The number of carbonyl (C=O) groups is 1. The molecule has 2 heterocycles. The highest BCUT2D eigenvalue weighted by atomic mass is 16.3. The lowest BCUT2D eigenvalue weighted by Gasteiger charge is -2.30. The Labute approximate surface area is 190 Å². The lowest BCUT2D eigenvalue weighted by molar-refractivity contribution is -0.118. The van der Waals surface area contributed by atoms with Crippen molar-refractivity contribution in [3.05, 3.63) is 89.4 Å². The van der Waals surface area contributed by atoms with Gasteiger partial charge in [0.05, 0.1) is 18.5 Å². The summed E-state index contributed by atoms with van der Waals surface area (Å²) in [4.78, 5) is 22.7. The van der Waals surface area contributed by atoms with E-state index in [2.05, 4.69) is 49.9 Å². The lowest BCUT2D eigenvalue weighted by atomic mass is 10.1. The molecule has 2 aromatic carbocycles. The molecule has 0 radical (unpaired) electrons. The van der Waals surface area contributed by atoms with Gasteiger partial charge in [0.15, 0.2) is 0 Å². The first-order chi connectivity index (χ1) is 15.6. The molecular formula is C27H31N3O2. The first-order valence-corrected chi connectivity index (χ1v) is 11.4. The van der Waals surface area contributed by atoms with Crippen LogP contribution in [0.4, 0.5) is 5.69 Å². The van der Waals surface area contributed by atoms with Crippen LogP contribution in [0.25, 0.3) is 0 Å². The topological polar surface area (TPSA) is 49.1 Å². The zero-order chi connectivity index (χ0) is 22.5. The number of unbranched alkanes of at least 4 members (excludes halogenated alkanes) is 1. The number of furan rings is 1. The summed E-state index contributed by atoms with van der Waals surface area (Å²) in [5, 5.41) is 0. The largest absolute Gasteiger partial charge is 0.467 e. The van der Waals surface area contributed by atoms with Crippen LogP contribution in [-0.2, 0) is 17.8 Å². The number of aliphatic imine (C=N–C) groups is 1. The number of hydrogen-bond acceptors (Lipinski definition) is 4. The highest BCUT2D eigenvalue weighted by Gasteiger charge is 2.39. The van der Waals surface area contributed by atoms with Crippen molar-refractivity contribution in [2.24, 2.45) is 4.99 Å². The average molecular weight is 430 g/mol. The summed E-state index contributed by atoms with van der Waals surface area (Å²) in [7, 11) is 0. The SMILES string of the molecule is CCCCN(Cc1ccco1)C1=NC(Cc2ccccc2)C(=O)N1c1ccc(C)cc1C. The molecule has 3 aromatic rings. The number of aryl methyl sites for hydroxylation is 2. The number of anilines is 1. The van der Waals surface area contributed by atoms with Crippen molar-refractivity contribution in [3.63, 3.8) is 0 Å². The molecule has 5 heteroatoms. The summed E-state index contributed by atoms with van der Waals surface area (Å²) in [6.45, 7) is 7.69. The van der Waals surface area contributed by atoms with Crippen molar-refractivity contribution < 1.29 is 9.21 Å². The van der Waals surface area contributed by atoms with E-state index in [1.165, 1.54) is 5.56 Å². The summed E-state index contributed by atoms with van der Waals surface area (Å²) >= 11 is 0. The predicted molar refractivity (Wildman–Crippen MR) is 129 cm³/mol. The van der Waals surface area contributed by atoms with Crippen molar-refractivity contribution in [1.29, 1.82) is 0 Å². The highest BCUT2D eigenvalue weighted by Crippen LogP contribution is 2.29. The van der Waals surface area contributed by atoms with Gasteiger partial charge in [0.1, 0.15) is 11.8 Å². The fraction of sp³-hybridized carbons (Fsp3) is 0.333. The van der Waals surface area contributed by atoms with E-state index >= 15 is 0 Å². The van der Waals surface area contributed by atoms with Gasteiger partial charge in [0.2, 0.25) is 5.96 Å². The van der Waals surface area contributed by atoms with Crippen molar-refractivity contribution >= 4 is 17.6 Å². The van der Waals surface area contributed by atoms with E-state index < -0.39 is 6.04 Å². The predicted octanol–water partition coefficient (Wildman–Crippen LogP) is 5.51. The van der Waals surface area contributed by atoms with Crippen LogP contribution < -0.4 is 4.90 Å². The number of rotatable bonds is 8. The number of carbonyl (C=O) groups excluding carboxylic acids is 1. The Balaban J connectivity index is 1.72. The van der Waals surface area contributed by atoms with E-state index in [4.69, 9.17) is 9.41 Å². The van der Waals surface area contributed by atoms with Crippen molar-refractivity contribution in [2.75, 3.05) is 11.4 Å². The standard InChI is InChI=1S/C27H31N3O2/c1-4-5-15-29(19-23-12-9-16-32-23)27-28-24(18-22-10-7-6-8-11-22)26(31)30(27)25-14-13-20(2)17-21(25)3/h6-14,16-17,24H,4-5,15,18-19H2,1-3H3. The third kappa shape index (κ3) is 4.77. The van der Waals surface area contributed by atoms with Gasteiger partial charge < -0.3 is 9.32 Å². The minimum absolute atomic E-state index is 0.0248. The molecule has 0 bridgehead atoms. The maximum absolute atomic E-state index is 13.7. The van der Waals surface area contributed by atoms with E-state index in [1.807, 2.05) is 41.3 Å². The molecule has 1 aromatic heterocycles. The van der Waals surface area contributed by atoms with Gasteiger partial charge in [-0.3, -0.25) is 4.79 Å². The van der Waals surface area contributed by atoms with E-state index in [0.717, 1.165) is 42.0 Å². The number of benzene rings is 2. The van der Waals surface area contributed by atoms with E-state index in [-0.39, 0.29) is 5.91 Å². The normalized spacial score (nSPS) is 15.8. The monoisotopic (exact) mass is 429 g/mol. The molecular weight excluding hydrogens is 398 g/mol. The van der Waals surface area contributed by atoms with Gasteiger partial charge >= 0.3 is 0 Å². The molecule has 1 atom stereocenters. The molecule has 0 saturated carbocycles. The second-order valence-electron chi connectivity index (χ2n) is 8.45. The second kappa shape index (κ2) is 9.86. The molecule has 0 saturated heterocycles. The van der Waals surface area contributed by atoms with E-state index in [1.54, 1.807) is 6.26 Å². The molecule has 1 aliphatic heterocycles. The molecule has 166 valence electrons. The maximum Gasteiger partial charge on any atom is 0.259 e. The van der Waals surface area contributed by atoms with Gasteiger partial charge in [-0.05, 0) is 49.6 Å². The van der Waals surface area contributed by atoms with Crippen LogP contribution >= 0.6 is 0 Å². The smallest absolute Gasteiger partial charge is 0.259 e. The van der Waals surface area contributed by atoms with Crippen LogP contribution in [0.1, 0.15) is 42.2 Å². The fourth-order valence-electron chi connectivity index (χ4n) is 4.17. The van der Waals surface area contributed by atoms with Crippen molar-refractivity contribution in [2.45, 2.75) is 52.6 Å². The number of nitrogens with zero attached hydrogens (tertiary/aromatic N) is 3. The van der Waals surface area contributed by atoms with Gasteiger partial charge in [-0.25, -0.2) is 9.89 Å². The van der Waals surface area contributed by atoms with Crippen molar-refractivity contribution in [3.8, 4) is 0 Å². The Morgan fingerprint density at radius 3 is 2.56 bits per heavy atom. The van der Waals surface area contributed by atoms with Crippen LogP contribution in [0.5, 0.6) is 0 Å². The Bertz CT molecular complexity index is 1070. The first kappa shape index (κ1) is 21.9. The molecule has 4 rings (SSSR count). The molecule has 0 spiro atoms. The number of guanidine groups is 1. The zero-order valence-electron chi connectivity index (χ0n) is 19.1. The maximum atomic E-state index is 13.7. The minimum Gasteiger partial charge on any atom is -0.467 e. The fourth-order valence-corrected chi connectivity index (χ4v) is 4.17. The van der Waals surface area contributed by atoms with Crippen LogP contribution in [-0.4, -0.2) is 29.4 Å². The second-order valence-corrected chi connectivity index (χ2v) is 8.45. The highest BCUT2D eigenvalue weighted by molar-refractivity contribution is 6.22. The summed E-state index contributed by atoms with van der Waals surface area (Å²) in [5.41, 5.74) is 4.26. The molecule has 0 N–H and O–H groups in total. The molecule has 5 nitrogen and oxygen atoms in total. The van der Waals surface area contributed by atoms with Gasteiger partial charge in [-0.1, -0.05) is 61.4 Å². The lowest BCUT2D eigenvalue weighted by Crippen LogP contribution is -2.45. The van der Waals surface area contributed by atoms with E-state index in [0.29, 0.717) is 18.9 Å². The molecule has 32 heavy (non-hydrogen) atoms. The minimum atomic E-state index is -0.436. The summed E-state index contributed by atoms with van der Waals surface area (Å²) < 4.78 is 5.63. The first-order valence-electron chi connectivity index (χ1n) is 11.4. The Hall–Kier alpha value is -3.34. The third-order valence-corrected chi connectivity index (χ3v) is 5.83. The van der Waals surface area contributed by atoms with Gasteiger partial charge in [-0.2, -0.15) is 0 Å². The number of hydrogen-bond donors (Lipinski definition) is 0. The van der Waals surface area contributed by atoms with Gasteiger partial charge in [0.25, 0.3) is 5.91 Å². The Morgan fingerprint density at radius 2 is 1.88 bits per heavy atom. The third-order valence-electron chi connectivity index (χ3n) is 5.83. The Morgan fingerprint density at radius 1 is 1.06 bits per heavy atom. The van der Waals surface area contributed by atoms with E-state index in [9.17, 15) is 4.79 Å². The van der Waals surface area contributed by atoms with Crippen molar-refractivity contribution in [1.82, 2.24) is 4.90 Å². The summed E-state index contributed by atoms with van der Waals surface area (Å²) in [6.07, 6.45) is 4.35. The van der Waals surface area contributed by atoms with Gasteiger partial charge in [-0.15, -0.1) is 0 Å². The molecule has 1 amide bonds.